The highest BCUT2D eigenvalue weighted by Gasteiger charge is 2.18. The Morgan fingerprint density at radius 2 is 2.27 bits per heavy atom. The maximum absolute atomic E-state index is 5.65. The molecule has 6 nitrogen and oxygen atoms in total. The molecule has 0 saturated carbocycles. The SMILES string of the molecule is Cc1cccc2nc(-c3cn(CC4CCCO4)nn3)n(C)c12. The Hall–Kier alpha value is -2.21. The maximum atomic E-state index is 5.65. The van der Waals surface area contributed by atoms with Crippen LogP contribution in [0.1, 0.15) is 18.4 Å². The average Bonchev–Trinajstić information content (AvgIpc) is 3.21. The zero-order chi connectivity index (χ0) is 15.1. The Kier molecular flexibility index (Phi) is 3.18. The third-order valence-electron chi connectivity index (χ3n) is 4.28. The molecule has 1 aliphatic rings. The second-order valence-electron chi connectivity index (χ2n) is 5.90. The Labute approximate surface area is 128 Å². The first kappa shape index (κ1) is 13.5. The highest BCUT2D eigenvalue weighted by molar-refractivity contribution is 5.82. The van der Waals surface area contributed by atoms with E-state index in [4.69, 9.17) is 9.72 Å². The number of nitrogens with zero attached hydrogens (tertiary/aromatic N) is 5. The van der Waals surface area contributed by atoms with Crippen LogP contribution in [-0.2, 0) is 18.3 Å². The molecule has 2 aromatic heterocycles. The van der Waals surface area contributed by atoms with E-state index in [1.165, 1.54) is 5.56 Å². The molecule has 3 heterocycles. The van der Waals surface area contributed by atoms with Crippen LogP contribution in [0.15, 0.2) is 24.4 Å². The summed E-state index contributed by atoms with van der Waals surface area (Å²) >= 11 is 0. The van der Waals surface area contributed by atoms with E-state index in [9.17, 15) is 0 Å². The Morgan fingerprint density at radius 1 is 1.36 bits per heavy atom. The summed E-state index contributed by atoms with van der Waals surface area (Å²) in [5, 5.41) is 8.51. The van der Waals surface area contributed by atoms with E-state index in [1.54, 1.807) is 0 Å². The second kappa shape index (κ2) is 5.21. The molecule has 1 atom stereocenters. The molecule has 4 rings (SSSR count). The van der Waals surface area contributed by atoms with E-state index >= 15 is 0 Å². The second-order valence-corrected chi connectivity index (χ2v) is 5.90. The number of hydrogen-bond acceptors (Lipinski definition) is 4. The topological polar surface area (TPSA) is 57.8 Å². The number of hydrogen-bond donors (Lipinski definition) is 0. The van der Waals surface area contributed by atoms with Gasteiger partial charge in [0, 0.05) is 13.7 Å². The predicted octanol–water partition coefficient (Wildman–Crippen LogP) is 2.32. The lowest BCUT2D eigenvalue weighted by Crippen LogP contribution is -2.15. The smallest absolute Gasteiger partial charge is 0.163 e. The molecule has 0 amide bonds. The largest absolute Gasteiger partial charge is 0.376 e. The van der Waals surface area contributed by atoms with Crippen LogP contribution in [0.5, 0.6) is 0 Å². The Morgan fingerprint density at radius 3 is 3.05 bits per heavy atom. The number of aromatic nitrogens is 5. The van der Waals surface area contributed by atoms with E-state index < -0.39 is 0 Å². The lowest BCUT2D eigenvalue weighted by Gasteiger charge is -2.07. The maximum Gasteiger partial charge on any atom is 0.163 e. The lowest BCUT2D eigenvalue weighted by atomic mass is 10.2. The van der Waals surface area contributed by atoms with Crippen LogP contribution in [0.2, 0.25) is 0 Å². The van der Waals surface area contributed by atoms with Crippen LogP contribution in [0, 0.1) is 6.92 Å². The summed E-state index contributed by atoms with van der Waals surface area (Å²) in [6.45, 7) is 3.72. The van der Waals surface area contributed by atoms with Gasteiger partial charge in [-0.25, -0.2) is 9.67 Å². The number of para-hydroxylation sites is 1. The minimum atomic E-state index is 0.261. The molecule has 0 radical (unpaired) electrons. The van der Waals surface area contributed by atoms with Crippen molar-refractivity contribution in [1.29, 1.82) is 0 Å². The molecule has 1 aliphatic heterocycles. The molecule has 3 aromatic rings. The average molecular weight is 297 g/mol. The molecular formula is C16H19N5O. The molecule has 6 heteroatoms. The van der Waals surface area contributed by atoms with Gasteiger partial charge in [-0.2, -0.15) is 0 Å². The van der Waals surface area contributed by atoms with Gasteiger partial charge < -0.3 is 9.30 Å². The molecular weight excluding hydrogens is 278 g/mol. The summed E-state index contributed by atoms with van der Waals surface area (Å²) in [5.74, 6) is 0.850. The summed E-state index contributed by atoms with van der Waals surface area (Å²) in [4.78, 5) is 4.70. The zero-order valence-corrected chi connectivity index (χ0v) is 12.9. The molecule has 1 aromatic carbocycles. The molecule has 0 N–H and O–H groups in total. The fourth-order valence-corrected chi connectivity index (χ4v) is 3.18. The van der Waals surface area contributed by atoms with Crippen LogP contribution >= 0.6 is 0 Å². The van der Waals surface area contributed by atoms with Crippen LogP contribution < -0.4 is 0 Å². The van der Waals surface area contributed by atoms with Gasteiger partial charge in [-0.05, 0) is 31.4 Å². The van der Waals surface area contributed by atoms with Crippen molar-refractivity contribution in [3.63, 3.8) is 0 Å². The molecule has 1 saturated heterocycles. The molecule has 0 aliphatic carbocycles. The molecule has 1 unspecified atom stereocenters. The normalized spacial score (nSPS) is 18.4. The minimum Gasteiger partial charge on any atom is -0.376 e. The summed E-state index contributed by atoms with van der Waals surface area (Å²) < 4.78 is 9.60. The van der Waals surface area contributed by atoms with Crippen LogP contribution in [0.3, 0.4) is 0 Å². The molecule has 0 bridgehead atoms. The first-order valence-electron chi connectivity index (χ1n) is 7.66. The summed E-state index contributed by atoms with van der Waals surface area (Å²) in [6.07, 6.45) is 4.45. The van der Waals surface area contributed by atoms with E-state index in [-0.39, 0.29) is 6.10 Å². The monoisotopic (exact) mass is 297 g/mol. The van der Waals surface area contributed by atoms with Crippen molar-refractivity contribution in [2.24, 2.45) is 7.05 Å². The fourth-order valence-electron chi connectivity index (χ4n) is 3.18. The highest BCUT2D eigenvalue weighted by atomic mass is 16.5. The van der Waals surface area contributed by atoms with Gasteiger partial charge in [-0.1, -0.05) is 17.3 Å². The highest BCUT2D eigenvalue weighted by Crippen LogP contribution is 2.24. The van der Waals surface area contributed by atoms with Gasteiger partial charge in [-0.15, -0.1) is 5.10 Å². The van der Waals surface area contributed by atoms with E-state index in [0.29, 0.717) is 0 Å². The van der Waals surface area contributed by atoms with Gasteiger partial charge >= 0.3 is 0 Å². The van der Waals surface area contributed by atoms with Crippen molar-refractivity contribution in [3.8, 4) is 11.5 Å². The molecule has 114 valence electrons. The van der Waals surface area contributed by atoms with Crippen LogP contribution in [-0.4, -0.2) is 37.3 Å². The number of ether oxygens (including phenoxy) is 1. The van der Waals surface area contributed by atoms with Crippen molar-refractivity contribution in [1.82, 2.24) is 24.5 Å². The number of aryl methyl sites for hydroxylation is 2. The van der Waals surface area contributed by atoms with E-state index in [0.717, 1.165) is 48.5 Å². The number of rotatable bonds is 3. The fraction of sp³-hybridized carbons (Fsp3) is 0.438. The predicted molar refractivity (Wildman–Crippen MR) is 83.4 cm³/mol. The molecule has 0 spiro atoms. The van der Waals surface area contributed by atoms with Crippen molar-refractivity contribution in [2.75, 3.05) is 6.61 Å². The quantitative estimate of drug-likeness (QED) is 0.744. The van der Waals surface area contributed by atoms with Gasteiger partial charge in [0.05, 0.1) is 29.9 Å². The summed E-state index contributed by atoms with van der Waals surface area (Å²) in [6, 6.07) is 6.16. The zero-order valence-electron chi connectivity index (χ0n) is 12.9. The van der Waals surface area contributed by atoms with E-state index in [1.807, 2.05) is 30.1 Å². The first-order chi connectivity index (χ1) is 10.7. The van der Waals surface area contributed by atoms with Crippen molar-refractivity contribution < 1.29 is 4.74 Å². The Balaban J connectivity index is 1.68. The standard InChI is InChI=1S/C16H19N5O/c1-11-5-3-7-13-15(11)20(2)16(17-13)14-10-21(19-18-14)9-12-6-4-8-22-12/h3,5,7,10,12H,4,6,8-9H2,1-2H3. The Bertz CT molecular complexity index is 813. The molecule has 1 fully saturated rings. The van der Waals surface area contributed by atoms with Gasteiger partial charge in [0.1, 0.15) is 5.69 Å². The van der Waals surface area contributed by atoms with Crippen LogP contribution in [0.25, 0.3) is 22.6 Å². The number of benzene rings is 1. The van der Waals surface area contributed by atoms with Gasteiger partial charge in [0.25, 0.3) is 0 Å². The lowest BCUT2D eigenvalue weighted by molar-refractivity contribution is 0.0935. The van der Waals surface area contributed by atoms with E-state index in [2.05, 4.69) is 27.9 Å². The van der Waals surface area contributed by atoms with Crippen molar-refractivity contribution in [2.45, 2.75) is 32.4 Å². The first-order valence-corrected chi connectivity index (χ1v) is 7.66. The molecule has 22 heavy (non-hydrogen) atoms. The third-order valence-corrected chi connectivity index (χ3v) is 4.28. The summed E-state index contributed by atoms with van der Waals surface area (Å²) in [7, 11) is 2.02. The van der Waals surface area contributed by atoms with Crippen LogP contribution in [0.4, 0.5) is 0 Å². The number of fused-ring (bicyclic) bond motifs is 1. The van der Waals surface area contributed by atoms with Crippen molar-refractivity contribution >= 4 is 11.0 Å². The third kappa shape index (κ3) is 2.20. The summed E-state index contributed by atoms with van der Waals surface area (Å²) in [5.41, 5.74) is 4.15. The minimum absolute atomic E-state index is 0.261. The number of imidazole rings is 1. The van der Waals surface area contributed by atoms with Gasteiger partial charge in [0.15, 0.2) is 5.82 Å². The van der Waals surface area contributed by atoms with Crippen molar-refractivity contribution in [3.05, 3.63) is 30.0 Å². The van der Waals surface area contributed by atoms with Gasteiger partial charge in [-0.3, -0.25) is 0 Å². The van der Waals surface area contributed by atoms with Gasteiger partial charge in [0.2, 0.25) is 0 Å².